The lowest BCUT2D eigenvalue weighted by atomic mass is 10.1. The predicted molar refractivity (Wildman–Crippen MR) is 87.6 cm³/mol. The number of nitrogens with zero attached hydrogens (tertiary/aromatic N) is 1. The molecule has 0 radical (unpaired) electrons. The van der Waals surface area contributed by atoms with E-state index in [0.29, 0.717) is 18.3 Å². The van der Waals surface area contributed by atoms with Gasteiger partial charge < -0.3 is 10.2 Å². The van der Waals surface area contributed by atoms with Crippen LogP contribution in [0.3, 0.4) is 0 Å². The van der Waals surface area contributed by atoms with E-state index in [1.54, 1.807) is 6.07 Å². The van der Waals surface area contributed by atoms with Gasteiger partial charge in [0.25, 0.3) is 0 Å². The van der Waals surface area contributed by atoms with Crippen molar-refractivity contribution in [2.75, 3.05) is 11.9 Å². The summed E-state index contributed by atoms with van der Waals surface area (Å²) in [6.07, 6.45) is 0. The quantitative estimate of drug-likeness (QED) is 0.876. The number of halogens is 1. The maximum absolute atomic E-state index is 14.3. The summed E-state index contributed by atoms with van der Waals surface area (Å²) in [7, 11) is 1.89. The number of rotatable bonds is 5. The van der Waals surface area contributed by atoms with Gasteiger partial charge in [0.15, 0.2) is 0 Å². The van der Waals surface area contributed by atoms with Crippen LogP contribution < -0.4 is 10.2 Å². The van der Waals surface area contributed by atoms with E-state index in [1.165, 1.54) is 0 Å². The zero-order valence-corrected chi connectivity index (χ0v) is 13.2. The molecule has 0 saturated carbocycles. The molecule has 2 aromatic carbocycles. The van der Waals surface area contributed by atoms with Crippen LogP contribution in [0.25, 0.3) is 0 Å². The normalized spacial score (nSPS) is 11.0. The van der Waals surface area contributed by atoms with Gasteiger partial charge >= 0.3 is 0 Å². The molecule has 0 amide bonds. The molecule has 0 atom stereocenters. The minimum atomic E-state index is -0.193. The average Bonchev–Trinajstić information content (AvgIpc) is 2.44. The third-order valence-electron chi connectivity index (χ3n) is 3.48. The SMILES string of the molecule is Cc1cccc(N(C)c2ccc(CNC(C)C)cc2F)c1. The molecule has 0 aliphatic heterocycles. The molecule has 0 heterocycles. The van der Waals surface area contributed by atoms with Crippen molar-refractivity contribution < 1.29 is 4.39 Å². The van der Waals surface area contributed by atoms with Crippen LogP contribution in [-0.4, -0.2) is 13.1 Å². The first-order valence-electron chi connectivity index (χ1n) is 7.29. The lowest BCUT2D eigenvalue weighted by molar-refractivity contribution is 0.581. The van der Waals surface area contributed by atoms with Gasteiger partial charge in [0.05, 0.1) is 5.69 Å². The molecule has 0 aromatic heterocycles. The average molecular weight is 286 g/mol. The van der Waals surface area contributed by atoms with E-state index in [4.69, 9.17) is 0 Å². The summed E-state index contributed by atoms with van der Waals surface area (Å²) >= 11 is 0. The standard InChI is InChI=1S/C18H23FN2/c1-13(2)20-12-15-8-9-18(17(19)11-15)21(4)16-7-5-6-14(3)10-16/h5-11,13,20H,12H2,1-4H3. The molecule has 2 nitrogen and oxygen atoms in total. The Labute approximate surface area is 126 Å². The number of hydrogen-bond acceptors (Lipinski definition) is 2. The number of hydrogen-bond donors (Lipinski definition) is 1. The lowest BCUT2D eigenvalue weighted by Crippen LogP contribution is -2.22. The van der Waals surface area contributed by atoms with Crippen molar-refractivity contribution in [1.29, 1.82) is 0 Å². The molecule has 0 fully saturated rings. The fourth-order valence-corrected chi connectivity index (χ4v) is 2.23. The van der Waals surface area contributed by atoms with Crippen molar-refractivity contribution in [2.45, 2.75) is 33.4 Å². The molecular formula is C18H23FN2. The van der Waals surface area contributed by atoms with Crippen LogP contribution in [0, 0.1) is 12.7 Å². The van der Waals surface area contributed by atoms with Crippen molar-refractivity contribution in [1.82, 2.24) is 5.32 Å². The van der Waals surface area contributed by atoms with Crippen molar-refractivity contribution in [2.24, 2.45) is 0 Å². The van der Waals surface area contributed by atoms with E-state index >= 15 is 0 Å². The summed E-state index contributed by atoms with van der Waals surface area (Å²) in [6, 6.07) is 13.9. The number of benzene rings is 2. The second kappa shape index (κ2) is 6.72. The van der Waals surface area contributed by atoms with Crippen LogP contribution in [-0.2, 0) is 6.54 Å². The zero-order chi connectivity index (χ0) is 15.4. The highest BCUT2D eigenvalue weighted by Gasteiger charge is 2.10. The van der Waals surface area contributed by atoms with Gasteiger partial charge in [0.1, 0.15) is 5.82 Å². The summed E-state index contributed by atoms with van der Waals surface area (Å²) in [6.45, 7) is 6.88. The van der Waals surface area contributed by atoms with Gasteiger partial charge in [-0.3, -0.25) is 0 Å². The third kappa shape index (κ3) is 4.05. The van der Waals surface area contributed by atoms with Crippen LogP contribution in [0.4, 0.5) is 15.8 Å². The maximum atomic E-state index is 14.3. The Morgan fingerprint density at radius 3 is 2.52 bits per heavy atom. The molecule has 2 aromatic rings. The fourth-order valence-electron chi connectivity index (χ4n) is 2.23. The van der Waals surface area contributed by atoms with Gasteiger partial charge in [-0.1, -0.05) is 32.0 Å². The Morgan fingerprint density at radius 1 is 1.14 bits per heavy atom. The van der Waals surface area contributed by atoms with E-state index in [-0.39, 0.29) is 5.82 Å². The highest BCUT2D eigenvalue weighted by Crippen LogP contribution is 2.27. The number of anilines is 2. The van der Waals surface area contributed by atoms with Crippen LogP contribution in [0.15, 0.2) is 42.5 Å². The Morgan fingerprint density at radius 2 is 1.90 bits per heavy atom. The van der Waals surface area contributed by atoms with E-state index in [0.717, 1.165) is 16.8 Å². The second-order valence-corrected chi connectivity index (χ2v) is 5.72. The molecule has 2 rings (SSSR count). The first kappa shape index (κ1) is 15.5. The van der Waals surface area contributed by atoms with Gasteiger partial charge in [0, 0.05) is 25.3 Å². The molecule has 0 saturated heterocycles. The van der Waals surface area contributed by atoms with Gasteiger partial charge in [-0.25, -0.2) is 4.39 Å². The lowest BCUT2D eigenvalue weighted by Gasteiger charge is -2.21. The van der Waals surface area contributed by atoms with E-state index in [9.17, 15) is 4.39 Å². The Bertz CT molecular complexity index is 608. The van der Waals surface area contributed by atoms with Crippen LogP contribution in [0.5, 0.6) is 0 Å². The van der Waals surface area contributed by atoms with Crippen molar-refractivity contribution in [3.05, 3.63) is 59.4 Å². The molecule has 0 spiro atoms. The monoisotopic (exact) mass is 286 g/mol. The van der Waals surface area contributed by atoms with Crippen LogP contribution >= 0.6 is 0 Å². The van der Waals surface area contributed by atoms with Crippen molar-refractivity contribution in [3.8, 4) is 0 Å². The highest BCUT2D eigenvalue weighted by molar-refractivity contribution is 5.63. The molecule has 1 N–H and O–H groups in total. The Hall–Kier alpha value is -1.87. The first-order chi connectivity index (χ1) is 9.97. The molecular weight excluding hydrogens is 263 g/mol. The summed E-state index contributed by atoms with van der Waals surface area (Å²) in [5.74, 6) is -0.193. The number of aryl methyl sites for hydroxylation is 1. The smallest absolute Gasteiger partial charge is 0.147 e. The second-order valence-electron chi connectivity index (χ2n) is 5.72. The van der Waals surface area contributed by atoms with Gasteiger partial charge in [-0.2, -0.15) is 0 Å². The number of nitrogens with one attached hydrogen (secondary N) is 1. The molecule has 21 heavy (non-hydrogen) atoms. The molecule has 0 unspecified atom stereocenters. The maximum Gasteiger partial charge on any atom is 0.147 e. The van der Waals surface area contributed by atoms with Crippen molar-refractivity contribution in [3.63, 3.8) is 0 Å². The molecule has 0 aliphatic rings. The third-order valence-corrected chi connectivity index (χ3v) is 3.48. The topological polar surface area (TPSA) is 15.3 Å². The molecule has 3 heteroatoms. The van der Waals surface area contributed by atoms with E-state index < -0.39 is 0 Å². The van der Waals surface area contributed by atoms with Crippen LogP contribution in [0.2, 0.25) is 0 Å². The molecule has 112 valence electrons. The fraction of sp³-hybridized carbons (Fsp3) is 0.333. The van der Waals surface area contributed by atoms with E-state index in [2.05, 4.69) is 19.2 Å². The van der Waals surface area contributed by atoms with Crippen molar-refractivity contribution >= 4 is 11.4 Å². The minimum Gasteiger partial charge on any atom is -0.342 e. The van der Waals surface area contributed by atoms with Gasteiger partial charge in [0.2, 0.25) is 0 Å². The first-order valence-corrected chi connectivity index (χ1v) is 7.29. The molecule has 0 aliphatic carbocycles. The summed E-state index contributed by atoms with van der Waals surface area (Å²) in [5.41, 5.74) is 3.70. The minimum absolute atomic E-state index is 0.193. The summed E-state index contributed by atoms with van der Waals surface area (Å²) in [5, 5.41) is 3.30. The van der Waals surface area contributed by atoms with Gasteiger partial charge in [-0.15, -0.1) is 0 Å². The summed E-state index contributed by atoms with van der Waals surface area (Å²) in [4.78, 5) is 1.88. The molecule has 0 bridgehead atoms. The zero-order valence-electron chi connectivity index (χ0n) is 13.2. The van der Waals surface area contributed by atoms with Gasteiger partial charge in [-0.05, 0) is 42.3 Å². The highest BCUT2D eigenvalue weighted by atomic mass is 19.1. The largest absolute Gasteiger partial charge is 0.342 e. The summed E-state index contributed by atoms with van der Waals surface area (Å²) < 4.78 is 14.3. The van der Waals surface area contributed by atoms with Crippen LogP contribution in [0.1, 0.15) is 25.0 Å². The Kier molecular flexibility index (Phi) is 4.97. The van der Waals surface area contributed by atoms with E-state index in [1.807, 2.05) is 55.3 Å². The predicted octanol–water partition coefficient (Wildman–Crippen LogP) is 4.40. The Balaban J connectivity index is 2.20.